The Hall–Kier alpha value is -2.69. The van der Waals surface area contributed by atoms with Crippen LogP contribution in [0.25, 0.3) is 0 Å². The summed E-state index contributed by atoms with van der Waals surface area (Å²) in [6, 6.07) is 8.72. The molecule has 5 nitrogen and oxygen atoms in total. The lowest BCUT2D eigenvalue weighted by Crippen LogP contribution is -2.05. The molecule has 0 radical (unpaired) electrons. The minimum absolute atomic E-state index is 0.0952. The molecule has 0 N–H and O–H groups in total. The summed E-state index contributed by atoms with van der Waals surface area (Å²) in [4.78, 5) is 12.8. The molecule has 0 aliphatic carbocycles. The van der Waals surface area contributed by atoms with E-state index in [0.29, 0.717) is 40.7 Å². The predicted octanol–water partition coefficient (Wildman–Crippen LogP) is 3.36. The van der Waals surface area contributed by atoms with Crippen LogP contribution in [-0.4, -0.2) is 26.3 Å². The topological polar surface area (TPSA) is 54.0 Å². The highest BCUT2D eigenvalue weighted by molar-refractivity contribution is 6.10. The van der Waals surface area contributed by atoms with Crippen LogP contribution in [0.3, 0.4) is 0 Å². The summed E-state index contributed by atoms with van der Waals surface area (Å²) in [5, 5.41) is 0. The van der Waals surface area contributed by atoms with Crippen molar-refractivity contribution in [2.24, 2.45) is 0 Å². The molecular formula is C18H18O5. The van der Waals surface area contributed by atoms with Crippen LogP contribution in [0, 0.1) is 6.92 Å². The molecule has 3 rings (SSSR count). The van der Waals surface area contributed by atoms with E-state index in [0.717, 1.165) is 5.56 Å². The van der Waals surface area contributed by atoms with Crippen molar-refractivity contribution in [2.75, 3.05) is 20.5 Å². The monoisotopic (exact) mass is 314 g/mol. The van der Waals surface area contributed by atoms with Gasteiger partial charge in [-0.25, -0.2) is 0 Å². The molecule has 23 heavy (non-hydrogen) atoms. The number of hydrogen-bond acceptors (Lipinski definition) is 5. The van der Waals surface area contributed by atoms with Gasteiger partial charge in [-0.1, -0.05) is 0 Å². The summed E-state index contributed by atoms with van der Waals surface area (Å²) in [5.74, 6) is 2.33. The molecule has 2 aromatic rings. The van der Waals surface area contributed by atoms with E-state index in [9.17, 15) is 4.79 Å². The third-order valence-electron chi connectivity index (χ3n) is 3.69. The Balaban J connectivity index is 1.97. The van der Waals surface area contributed by atoms with E-state index in [1.807, 2.05) is 19.9 Å². The number of carbonyl (C=O) groups excluding carboxylic acids is 1. The second kappa shape index (κ2) is 6.20. The number of ketones is 1. The third-order valence-corrected chi connectivity index (χ3v) is 3.69. The average Bonchev–Trinajstić information content (AvgIpc) is 3.01. The number of benzene rings is 2. The second-order valence-electron chi connectivity index (χ2n) is 5.15. The zero-order chi connectivity index (χ0) is 16.4. The molecule has 5 heteroatoms. The van der Waals surface area contributed by atoms with Crippen molar-refractivity contribution in [3.63, 3.8) is 0 Å². The molecule has 0 unspecified atom stereocenters. The Bertz CT molecular complexity index is 751. The van der Waals surface area contributed by atoms with E-state index in [-0.39, 0.29) is 12.6 Å². The lowest BCUT2D eigenvalue weighted by molar-refractivity contribution is 0.103. The van der Waals surface area contributed by atoms with Gasteiger partial charge in [-0.15, -0.1) is 0 Å². The first kappa shape index (κ1) is 15.2. The van der Waals surface area contributed by atoms with Crippen molar-refractivity contribution in [1.82, 2.24) is 0 Å². The van der Waals surface area contributed by atoms with E-state index in [1.54, 1.807) is 31.4 Å². The molecule has 2 aromatic carbocycles. The zero-order valence-corrected chi connectivity index (χ0v) is 13.3. The van der Waals surface area contributed by atoms with Crippen molar-refractivity contribution in [2.45, 2.75) is 13.8 Å². The fourth-order valence-electron chi connectivity index (χ4n) is 2.53. The highest BCUT2D eigenvalue weighted by Crippen LogP contribution is 2.36. The van der Waals surface area contributed by atoms with Gasteiger partial charge in [0.2, 0.25) is 6.79 Å². The number of rotatable bonds is 5. The van der Waals surface area contributed by atoms with E-state index in [2.05, 4.69) is 0 Å². The highest BCUT2D eigenvalue weighted by atomic mass is 16.7. The normalized spacial score (nSPS) is 12.1. The zero-order valence-electron chi connectivity index (χ0n) is 13.3. The molecule has 0 amide bonds. The first-order valence-corrected chi connectivity index (χ1v) is 7.39. The van der Waals surface area contributed by atoms with Crippen LogP contribution in [0.5, 0.6) is 23.0 Å². The van der Waals surface area contributed by atoms with Crippen molar-refractivity contribution < 1.29 is 23.7 Å². The molecule has 1 aliphatic rings. The fourth-order valence-corrected chi connectivity index (χ4v) is 2.53. The Morgan fingerprint density at radius 2 is 1.87 bits per heavy atom. The average molecular weight is 314 g/mol. The van der Waals surface area contributed by atoms with E-state index in [1.165, 1.54) is 0 Å². The number of aryl methyl sites for hydroxylation is 1. The van der Waals surface area contributed by atoms with E-state index >= 15 is 0 Å². The Morgan fingerprint density at radius 1 is 1.13 bits per heavy atom. The SMILES string of the molecule is CCOc1ccc(C(=O)c2cc3c(cc2C)OCO3)cc1OC. The molecule has 0 spiro atoms. The maximum atomic E-state index is 12.8. The largest absolute Gasteiger partial charge is 0.493 e. The number of fused-ring (bicyclic) bond motifs is 1. The smallest absolute Gasteiger partial charge is 0.231 e. The molecule has 1 aliphatic heterocycles. The van der Waals surface area contributed by atoms with Gasteiger partial charge in [-0.05, 0) is 49.7 Å². The summed E-state index contributed by atoms with van der Waals surface area (Å²) in [6.07, 6.45) is 0. The maximum Gasteiger partial charge on any atom is 0.231 e. The number of hydrogen-bond donors (Lipinski definition) is 0. The lowest BCUT2D eigenvalue weighted by atomic mass is 9.98. The summed E-state index contributed by atoms with van der Waals surface area (Å²) in [5.41, 5.74) is 1.96. The second-order valence-corrected chi connectivity index (χ2v) is 5.15. The van der Waals surface area contributed by atoms with Gasteiger partial charge in [0.25, 0.3) is 0 Å². The molecule has 0 fully saturated rings. The van der Waals surface area contributed by atoms with Gasteiger partial charge in [0.05, 0.1) is 13.7 Å². The van der Waals surface area contributed by atoms with Crippen LogP contribution in [0.15, 0.2) is 30.3 Å². The van der Waals surface area contributed by atoms with Gasteiger partial charge < -0.3 is 18.9 Å². The Morgan fingerprint density at radius 3 is 2.57 bits per heavy atom. The summed E-state index contributed by atoms with van der Waals surface area (Å²) >= 11 is 0. The fraction of sp³-hybridized carbons (Fsp3) is 0.278. The van der Waals surface area contributed by atoms with Gasteiger partial charge in [0, 0.05) is 11.1 Å². The summed E-state index contributed by atoms with van der Waals surface area (Å²) in [7, 11) is 1.55. The summed E-state index contributed by atoms with van der Waals surface area (Å²) in [6.45, 7) is 4.49. The number of ether oxygens (including phenoxy) is 4. The molecular weight excluding hydrogens is 296 g/mol. The minimum atomic E-state index is -0.0952. The molecule has 0 saturated carbocycles. The highest BCUT2D eigenvalue weighted by Gasteiger charge is 2.21. The molecule has 0 bridgehead atoms. The van der Waals surface area contributed by atoms with Gasteiger partial charge in [-0.3, -0.25) is 4.79 Å². The summed E-state index contributed by atoms with van der Waals surface area (Å²) < 4.78 is 21.5. The molecule has 120 valence electrons. The predicted molar refractivity (Wildman–Crippen MR) is 84.9 cm³/mol. The number of methoxy groups -OCH3 is 1. The van der Waals surface area contributed by atoms with Crippen molar-refractivity contribution in [3.8, 4) is 23.0 Å². The molecule has 0 saturated heterocycles. The quantitative estimate of drug-likeness (QED) is 0.792. The molecule has 0 aromatic heterocycles. The molecule has 0 atom stereocenters. The Labute approximate surface area is 134 Å². The van der Waals surface area contributed by atoms with Gasteiger partial charge >= 0.3 is 0 Å². The van der Waals surface area contributed by atoms with Gasteiger partial charge in [-0.2, -0.15) is 0 Å². The molecule has 1 heterocycles. The standard InChI is InChI=1S/C18H18O5/c1-4-21-14-6-5-12(8-15(14)20-3)18(19)13-9-17-16(7-11(13)2)22-10-23-17/h5-9H,4,10H2,1-3H3. The maximum absolute atomic E-state index is 12.8. The van der Waals surface area contributed by atoms with Crippen LogP contribution in [0.1, 0.15) is 28.4 Å². The van der Waals surface area contributed by atoms with Crippen molar-refractivity contribution in [1.29, 1.82) is 0 Å². The minimum Gasteiger partial charge on any atom is -0.493 e. The van der Waals surface area contributed by atoms with Crippen molar-refractivity contribution in [3.05, 3.63) is 47.0 Å². The number of carbonyl (C=O) groups is 1. The van der Waals surface area contributed by atoms with Crippen LogP contribution < -0.4 is 18.9 Å². The van der Waals surface area contributed by atoms with Gasteiger partial charge in [0.1, 0.15) is 0 Å². The van der Waals surface area contributed by atoms with Crippen molar-refractivity contribution >= 4 is 5.78 Å². The van der Waals surface area contributed by atoms with Crippen LogP contribution in [0.2, 0.25) is 0 Å². The first-order chi connectivity index (χ1) is 11.1. The van der Waals surface area contributed by atoms with Crippen LogP contribution >= 0.6 is 0 Å². The Kier molecular flexibility index (Phi) is 4.10. The lowest BCUT2D eigenvalue weighted by Gasteiger charge is -2.11. The van der Waals surface area contributed by atoms with E-state index < -0.39 is 0 Å². The van der Waals surface area contributed by atoms with E-state index in [4.69, 9.17) is 18.9 Å². The van der Waals surface area contributed by atoms with Gasteiger partial charge in [0.15, 0.2) is 28.8 Å². The van der Waals surface area contributed by atoms with Crippen LogP contribution in [0.4, 0.5) is 0 Å². The third kappa shape index (κ3) is 2.82. The first-order valence-electron chi connectivity index (χ1n) is 7.39. The van der Waals surface area contributed by atoms with Crippen LogP contribution in [-0.2, 0) is 0 Å².